The van der Waals surface area contributed by atoms with Crippen LogP contribution in [0.5, 0.6) is 0 Å². The van der Waals surface area contributed by atoms with Gasteiger partial charge in [-0.1, -0.05) is 32.1 Å². The predicted octanol–water partition coefficient (Wildman–Crippen LogP) is -1.12. The van der Waals surface area contributed by atoms with Crippen LogP contribution >= 0.6 is 0 Å². The maximum absolute atomic E-state index is 10.3. The normalized spacial score (nSPS) is 19.8. The molecule has 1 unspecified atom stereocenters. The third-order valence-corrected chi connectivity index (χ3v) is 2.85. The van der Waals surface area contributed by atoms with Crippen LogP contribution in [0.1, 0.15) is 44.9 Å². The lowest BCUT2D eigenvalue weighted by Gasteiger charge is -2.23. The first-order chi connectivity index (χ1) is 6.18. The fourth-order valence-electron chi connectivity index (χ4n) is 2.21. The van der Waals surface area contributed by atoms with E-state index in [2.05, 4.69) is 5.73 Å². The zero-order valence-electron chi connectivity index (χ0n) is 8.63. The van der Waals surface area contributed by atoms with Crippen molar-refractivity contribution < 1.29 is 21.1 Å². The van der Waals surface area contributed by atoms with Crippen molar-refractivity contribution in [2.45, 2.75) is 51.0 Å². The number of hydrogen-bond acceptors (Lipinski definition) is 2. The third-order valence-electron chi connectivity index (χ3n) is 2.85. The van der Waals surface area contributed by atoms with E-state index in [0.717, 1.165) is 12.3 Å². The molecule has 0 aromatic carbocycles. The van der Waals surface area contributed by atoms with Gasteiger partial charge in [0.15, 0.2) is 0 Å². The van der Waals surface area contributed by atoms with Gasteiger partial charge in [0, 0.05) is 18.8 Å². The summed E-state index contributed by atoms with van der Waals surface area (Å²) in [6, 6.07) is 0.0492. The zero-order chi connectivity index (χ0) is 9.68. The summed E-state index contributed by atoms with van der Waals surface area (Å²) in [6.45, 7) is 0. The van der Waals surface area contributed by atoms with E-state index in [0.29, 0.717) is 0 Å². The molecule has 84 valence electrons. The van der Waals surface area contributed by atoms with Crippen LogP contribution in [0.3, 0.4) is 0 Å². The topological polar surface area (TPSA) is 99.3 Å². The minimum absolute atomic E-state index is 0. The molecule has 4 heteroatoms. The van der Waals surface area contributed by atoms with Crippen molar-refractivity contribution >= 4 is 5.97 Å². The summed E-state index contributed by atoms with van der Waals surface area (Å²) in [5, 5.41) is 10.3. The van der Waals surface area contributed by atoms with Gasteiger partial charge in [0.2, 0.25) is 0 Å². The Hall–Kier alpha value is -0.610. The molecule has 0 aromatic heterocycles. The Morgan fingerprint density at radius 3 is 2.43 bits per heavy atom. The molecular formula is C10H21NO3. The highest BCUT2D eigenvalue weighted by atomic mass is 16.4. The first-order valence-corrected chi connectivity index (χ1v) is 5.21. The van der Waals surface area contributed by atoms with Crippen LogP contribution in [0.4, 0.5) is 0 Å². The summed E-state index contributed by atoms with van der Waals surface area (Å²) in [4.78, 5) is 10.3. The van der Waals surface area contributed by atoms with E-state index in [1.807, 2.05) is 0 Å². The highest BCUT2D eigenvalue weighted by molar-refractivity contribution is 5.64. The molecule has 0 aliphatic heterocycles. The molecule has 1 aliphatic carbocycles. The molecule has 0 spiro atoms. The van der Waals surface area contributed by atoms with Crippen LogP contribution in [0.25, 0.3) is 0 Å². The van der Waals surface area contributed by atoms with Crippen LogP contribution in [-0.4, -0.2) is 17.5 Å². The predicted molar refractivity (Wildman–Crippen MR) is 51.1 cm³/mol. The summed E-state index contributed by atoms with van der Waals surface area (Å²) in [5.41, 5.74) is 3.85. The molecule has 0 bridgehead atoms. The van der Waals surface area contributed by atoms with Gasteiger partial charge >= 0.3 is 0 Å². The number of quaternary nitrogens is 1. The van der Waals surface area contributed by atoms with Crippen molar-refractivity contribution in [3.8, 4) is 0 Å². The van der Waals surface area contributed by atoms with Gasteiger partial charge in [-0.15, -0.1) is 0 Å². The summed E-state index contributed by atoms with van der Waals surface area (Å²) in [6.07, 6.45) is 7.58. The molecule has 1 rings (SSSR count). The maximum atomic E-state index is 10.3. The van der Waals surface area contributed by atoms with E-state index in [-0.39, 0.29) is 17.9 Å². The lowest BCUT2D eigenvalue weighted by molar-refractivity contribution is -0.427. The average molecular weight is 203 g/mol. The molecule has 1 saturated carbocycles. The molecule has 4 nitrogen and oxygen atoms in total. The fraction of sp³-hybridized carbons (Fsp3) is 0.900. The third kappa shape index (κ3) is 5.19. The Bertz CT molecular complexity index is 167. The average Bonchev–Trinajstić information content (AvgIpc) is 2.04. The Morgan fingerprint density at radius 1 is 1.36 bits per heavy atom. The minimum Gasteiger partial charge on any atom is -0.550 e. The molecule has 0 saturated heterocycles. The highest BCUT2D eigenvalue weighted by Crippen LogP contribution is 2.26. The van der Waals surface area contributed by atoms with E-state index >= 15 is 0 Å². The van der Waals surface area contributed by atoms with E-state index in [1.165, 1.54) is 32.1 Å². The van der Waals surface area contributed by atoms with Crippen LogP contribution in [0.15, 0.2) is 0 Å². The van der Waals surface area contributed by atoms with Crippen molar-refractivity contribution in [3.63, 3.8) is 0 Å². The second-order valence-corrected chi connectivity index (χ2v) is 4.18. The first-order valence-electron chi connectivity index (χ1n) is 5.21. The second kappa shape index (κ2) is 6.79. The van der Waals surface area contributed by atoms with Gasteiger partial charge in [0.1, 0.15) is 0 Å². The number of carbonyl (C=O) groups is 1. The summed E-state index contributed by atoms with van der Waals surface area (Å²) >= 11 is 0. The lowest BCUT2D eigenvalue weighted by Crippen LogP contribution is -2.63. The molecule has 1 aliphatic rings. The minimum atomic E-state index is -0.962. The molecule has 0 radical (unpaired) electrons. The van der Waals surface area contributed by atoms with Crippen LogP contribution in [0.2, 0.25) is 0 Å². The fourth-order valence-corrected chi connectivity index (χ4v) is 2.21. The van der Waals surface area contributed by atoms with E-state index in [1.54, 1.807) is 0 Å². The molecule has 0 heterocycles. The molecule has 0 amide bonds. The van der Waals surface area contributed by atoms with Gasteiger partial charge in [0.25, 0.3) is 0 Å². The van der Waals surface area contributed by atoms with Gasteiger partial charge in [-0.3, -0.25) is 0 Å². The summed E-state index contributed by atoms with van der Waals surface area (Å²) < 4.78 is 0. The molecule has 0 aromatic rings. The van der Waals surface area contributed by atoms with Gasteiger partial charge in [-0.2, -0.15) is 0 Å². The van der Waals surface area contributed by atoms with Crippen molar-refractivity contribution in [3.05, 3.63) is 0 Å². The Morgan fingerprint density at radius 2 is 1.93 bits per heavy atom. The van der Waals surface area contributed by atoms with E-state index in [4.69, 9.17) is 0 Å². The molecule has 5 N–H and O–H groups in total. The van der Waals surface area contributed by atoms with E-state index in [9.17, 15) is 9.90 Å². The summed E-state index contributed by atoms with van der Waals surface area (Å²) in [5.74, 6) is -0.244. The smallest absolute Gasteiger partial charge is 0.0899 e. The quantitative estimate of drug-likeness (QED) is 0.626. The Balaban J connectivity index is 0.00000169. The summed E-state index contributed by atoms with van der Waals surface area (Å²) in [7, 11) is 0. The molecule has 14 heavy (non-hydrogen) atoms. The van der Waals surface area contributed by atoms with Gasteiger partial charge in [0.05, 0.1) is 6.04 Å². The molecular weight excluding hydrogens is 182 g/mol. The Kier molecular flexibility index (Phi) is 6.49. The number of carboxylic acid groups (broad SMARTS) is 1. The van der Waals surface area contributed by atoms with Crippen molar-refractivity contribution in [1.29, 1.82) is 0 Å². The van der Waals surface area contributed by atoms with Crippen molar-refractivity contribution in [1.82, 2.24) is 0 Å². The first kappa shape index (κ1) is 13.4. The Labute approximate surface area is 84.8 Å². The maximum Gasteiger partial charge on any atom is 0.0899 e. The van der Waals surface area contributed by atoms with Gasteiger partial charge in [-0.05, 0) is 5.92 Å². The number of carbonyl (C=O) groups excluding carboxylic acids is 1. The van der Waals surface area contributed by atoms with E-state index < -0.39 is 5.97 Å². The number of carboxylic acids is 1. The van der Waals surface area contributed by atoms with Crippen LogP contribution in [0, 0.1) is 5.92 Å². The number of rotatable bonds is 4. The molecule has 1 atom stereocenters. The zero-order valence-corrected chi connectivity index (χ0v) is 8.63. The number of aliphatic carboxylic acids is 1. The van der Waals surface area contributed by atoms with Gasteiger partial charge in [-0.25, -0.2) is 0 Å². The van der Waals surface area contributed by atoms with Crippen molar-refractivity contribution in [2.75, 3.05) is 0 Å². The van der Waals surface area contributed by atoms with Crippen LogP contribution < -0.4 is 10.8 Å². The second-order valence-electron chi connectivity index (χ2n) is 4.18. The van der Waals surface area contributed by atoms with Gasteiger partial charge < -0.3 is 21.1 Å². The highest BCUT2D eigenvalue weighted by Gasteiger charge is 2.18. The standard InChI is InChI=1S/C10H19NO2.H2O/c11-9(7-10(12)13)6-8-4-2-1-3-5-8;/h8-9H,1-7,11H2,(H,12,13);1H2. The van der Waals surface area contributed by atoms with Crippen LogP contribution in [-0.2, 0) is 4.79 Å². The lowest BCUT2D eigenvalue weighted by atomic mass is 9.84. The largest absolute Gasteiger partial charge is 0.550 e. The monoisotopic (exact) mass is 203 g/mol. The molecule has 1 fully saturated rings. The number of hydrogen-bond donors (Lipinski definition) is 1. The van der Waals surface area contributed by atoms with Crippen molar-refractivity contribution in [2.24, 2.45) is 5.92 Å². The SMILES string of the molecule is O.[NH3+]C(CC(=O)[O-])CC1CCCCC1.